The summed E-state index contributed by atoms with van der Waals surface area (Å²) < 4.78 is 0. The highest BCUT2D eigenvalue weighted by molar-refractivity contribution is 5.82. The predicted molar refractivity (Wildman–Crippen MR) is 81.3 cm³/mol. The summed E-state index contributed by atoms with van der Waals surface area (Å²) in [5, 5.41) is 3.71. The number of nitrogens with zero attached hydrogens (tertiary/aromatic N) is 2. The number of hydrazone groups is 1. The largest absolute Gasteiger partial charge is 0.350 e. The van der Waals surface area contributed by atoms with Crippen LogP contribution in [0.25, 0.3) is 0 Å². The Hall–Kier alpha value is -2.82. The Kier molecular flexibility index (Phi) is 4.34. The summed E-state index contributed by atoms with van der Waals surface area (Å²) in [7, 11) is 2.01. The van der Waals surface area contributed by atoms with Crippen molar-refractivity contribution >= 4 is 23.6 Å². The first kappa shape index (κ1) is 13.6. The summed E-state index contributed by atoms with van der Waals surface area (Å²) in [6.45, 7) is 0. The van der Waals surface area contributed by atoms with Gasteiger partial charge in [-0.1, -0.05) is 30.3 Å². The number of hydrogen-bond acceptors (Lipinski definition) is 3. The smallest absolute Gasteiger partial charge is 0.332 e. The number of benzene rings is 2. The van der Waals surface area contributed by atoms with E-state index in [-0.39, 0.29) is 0 Å². The topological polar surface area (TPSA) is 70.7 Å². The minimum atomic E-state index is -0.679. The van der Waals surface area contributed by atoms with Crippen LogP contribution < -0.4 is 16.1 Å². The van der Waals surface area contributed by atoms with E-state index < -0.39 is 6.03 Å². The van der Waals surface area contributed by atoms with E-state index in [2.05, 4.69) is 15.4 Å². The number of amides is 2. The Morgan fingerprint density at radius 3 is 2.30 bits per heavy atom. The van der Waals surface area contributed by atoms with Crippen LogP contribution in [-0.2, 0) is 0 Å². The summed E-state index contributed by atoms with van der Waals surface area (Å²) in [4.78, 5) is 12.6. The zero-order chi connectivity index (χ0) is 14.4. The molecule has 2 amide bonds. The van der Waals surface area contributed by atoms with Crippen molar-refractivity contribution < 1.29 is 4.79 Å². The SMILES string of the molecule is CN(c1ccccc1)c1ccc(C=NNC(N)=O)cc1. The molecule has 0 aliphatic rings. The van der Waals surface area contributed by atoms with Crippen LogP contribution in [0.3, 0.4) is 0 Å². The van der Waals surface area contributed by atoms with E-state index in [0.29, 0.717) is 0 Å². The summed E-state index contributed by atoms with van der Waals surface area (Å²) in [6, 6.07) is 17.2. The van der Waals surface area contributed by atoms with Crippen molar-refractivity contribution in [3.8, 4) is 0 Å². The van der Waals surface area contributed by atoms with Crippen LogP contribution in [0.2, 0.25) is 0 Å². The molecule has 0 spiro atoms. The zero-order valence-electron chi connectivity index (χ0n) is 11.2. The molecule has 2 aromatic carbocycles. The van der Waals surface area contributed by atoms with Crippen LogP contribution in [0.15, 0.2) is 59.7 Å². The Balaban J connectivity index is 2.08. The number of carbonyl (C=O) groups is 1. The van der Waals surface area contributed by atoms with Crippen molar-refractivity contribution in [3.63, 3.8) is 0 Å². The number of nitrogens with one attached hydrogen (secondary N) is 1. The second kappa shape index (κ2) is 6.38. The molecule has 5 heteroatoms. The molecule has 0 saturated carbocycles. The lowest BCUT2D eigenvalue weighted by Crippen LogP contribution is -2.24. The van der Waals surface area contributed by atoms with E-state index in [4.69, 9.17) is 5.73 Å². The predicted octanol–water partition coefficient (Wildman–Crippen LogP) is 2.46. The molecule has 102 valence electrons. The number of urea groups is 1. The van der Waals surface area contributed by atoms with Gasteiger partial charge in [-0.15, -0.1) is 0 Å². The normalized spacial score (nSPS) is 10.4. The van der Waals surface area contributed by atoms with E-state index in [0.717, 1.165) is 16.9 Å². The van der Waals surface area contributed by atoms with Crippen LogP contribution in [0.4, 0.5) is 16.2 Å². The Bertz CT molecular complexity index is 593. The summed E-state index contributed by atoms with van der Waals surface area (Å²) >= 11 is 0. The number of carbonyl (C=O) groups excluding carboxylic acids is 1. The third kappa shape index (κ3) is 3.58. The number of anilines is 2. The average Bonchev–Trinajstić information content (AvgIpc) is 2.48. The quantitative estimate of drug-likeness (QED) is 0.660. The second-order valence-electron chi connectivity index (χ2n) is 4.22. The fourth-order valence-electron chi connectivity index (χ4n) is 1.76. The molecule has 0 fully saturated rings. The van der Waals surface area contributed by atoms with Gasteiger partial charge in [-0.25, -0.2) is 10.2 Å². The molecule has 0 aliphatic heterocycles. The van der Waals surface area contributed by atoms with Gasteiger partial charge in [0.1, 0.15) is 0 Å². The fourth-order valence-corrected chi connectivity index (χ4v) is 1.76. The first-order chi connectivity index (χ1) is 9.66. The number of primary amides is 1. The second-order valence-corrected chi connectivity index (χ2v) is 4.22. The van der Waals surface area contributed by atoms with Gasteiger partial charge in [0.2, 0.25) is 0 Å². The molecule has 0 saturated heterocycles. The first-order valence-corrected chi connectivity index (χ1v) is 6.14. The lowest BCUT2D eigenvalue weighted by atomic mass is 10.2. The molecular formula is C15H16N4O. The van der Waals surface area contributed by atoms with E-state index >= 15 is 0 Å². The van der Waals surface area contributed by atoms with Gasteiger partial charge in [-0.2, -0.15) is 5.10 Å². The maximum atomic E-state index is 10.5. The Morgan fingerprint density at radius 1 is 1.10 bits per heavy atom. The molecule has 0 radical (unpaired) electrons. The van der Waals surface area contributed by atoms with Crippen molar-refractivity contribution in [2.75, 3.05) is 11.9 Å². The average molecular weight is 268 g/mol. The van der Waals surface area contributed by atoms with Gasteiger partial charge in [0.25, 0.3) is 0 Å². The highest BCUT2D eigenvalue weighted by Gasteiger charge is 2.02. The van der Waals surface area contributed by atoms with Crippen LogP contribution in [0.1, 0.15) is 5.56 Å². The maximum Gasteiger partial charge on any atom is 0.332 e. The summed E-state index contributed by atoms with van der Waals surface area (Å²) in [6.07, 6.45) is 1.54. The zero-order valence-corrected chi connectivity index (χ0v) is 11.2. The lowest BCUT2D eigenvalue weighted by Gasteiger charge is -2.19. The number of rotatable bonds is 4. The molecule has 0 aliphatic carbocycles. The Labute approximate surface area is 117 Å². The molecule has 0 heterocycles. The van der Waals surface area contributed by atoms with Crippen LogP contribution in [0, 0.1) is 0 Å². The van der Waals surface area contributed by atoms with E-state index in [1.54, 1.807) is 0 Å². The van der Waals surface area contributed by atoms with Gasteiger partial charge in [-0.05, 0) is 29.8 Å². The molecule has 0 unspecified atom stereocenters. The molecule has 2 rings (SSSR count). The molecular weight excluding hydrogens is 252 g/mol. The van der Waals surface area contributed by atoms with Gasteiger partial charge in [0.15, 0.2) is 0 Å². The number of nitrogens with two attached hydrogens (primary N) is 1. The van der Waals surface area contributed by atoms with Crippen molar-refractivity contribution in [2.45, 2.75) is 0 Å². The molecule has 5 nitrogen and oxygen atoms in total. The molecule has 2 aromatic rings. The maximum absolute atomic E-state index is 10.5. The number of hydrogen-bond donors (Lipinski definition) is 2. The van der Waals surface area contributed by atoms with Gasteiger partial charge in [-0.3, -0.25) is 0 Å². The van der Waals surface area contributed by atoms with E-state index in [9.17, 15) is 4.79 Å². The van der Waals surface area contributed by atoms with Gasteiger partial charge < -0.3 is 10.6 Å². The fraction of sp³-hybridized carbons (Fsp3) is 0.0667. The molecule has 3 N–H and O–H groups in total. The first-order valence-electron chi connectivity index (χ1n) is 6.14. The van der Waals surface area contributed by atoms with Gasteiger partial charge in [0.05, 0.1) is 6.21 Å². The standard InChI is InChI=1S/C15H16N4O/c1-19(13-5-3-2-4-6-13)14-9-7-12(8-10-14)11-17-18-15(16)20/h2-11H,1H3,(H3,16,18,20). The van der Waals surface area contributed by atoms with Crippen LogP contribution in [0.5, 0.6) is 0 Å². The molecule has 0 aromatic heterocycles. The molecule has 20 heavy (non-hydrogen) atoms. The Morgan fingerprint density at radius 2 is 1.70 bits per heavy atom. The van der Waals surface area contributed by atoms with Gasteiger partial charge >= 0.3 is 6.03 Å². The van der Waals surface area contributed by atoms with Crippen LogP contribution >= 0.6 is 0 Å². The van der Waals surface area contributed by atoms with Gasteiger partial charge in [0, 0.05) is 18.4 Å². The van der Waals surface area contributed by atoms with E-state index in [1.165, 1.54) is 6.21 Å². The van der Waals surface area contributed by atoms with Crippen LogP contribution in [-0.4, -0.2) is 19.3 Å². The monoisotopic (exact) mass is 268 g/mol. The molecule has 0 bridgehead atoms. The van der Waals surface area contributed by atoms with Crippen molar-refractivity contribution in [2.24, 2.45) is 10.8 Å². The van der Waals surface area contributed by atoms with Crippen molar-refractivity contribution in [3.05, 3.63) is 60.2 Å². The summed E-state index contributed by atoms with van der Waals surface area (Å²) in [5.74, 6) is 0. The number of para-hydroxylation sites is 1. The summed E-state index contributed by atoms with van der Waals surface area (Å²) in [5.41, 5.74) is 10.1. The molecule has 0 atom stereocenters. The van der Waals surface area contributed by atoms with E-state index in [1.807, 2.05) is 61.6 Å². The third-order valence-corrected chi connectivity index (χ3v) is 2.81. The lowest BCUT2D eigenvalue weighted by molar-refractivity contribution is 0.249. The van der Waals surface area contributed by atoms with Crippen molar-refractivity contribution in [1.29, 1.82) is 0 Å². The van der Waals surface area contributed by atoms with Crippen molar-refractivity contribution in [1.82, 2.24) is 5.43 Å². The minimum Gasteiger partial charge on any atom is -0.350 e. The highest BCUT2D eigenvalue weighted by Crippen LogP contribution is 2.22. The highest BCUT2D eigenvalue weighted by atomic mass is 16.2. The minimum absolute atomic E-state index is 0.679. The third-order valence-electron chi connectivity index (χ3n) is 2.81.